The molecule has 9 unspecified atom stereocenters. The van der Waals surface area contributed by atoms with Crippen molar-refractivity contribution in [2.75, 3.05) is 19.8 Å². The molecule has 7 N–H and O–H groups in total. The van der Waals surface area contributed by atoms with E-state index in [2.05, 4.69) is 5.32 Å². The SMILES string of the molecule is CC(=O)NC1C(O)[C@H](O[C@@H]2OC(COCc3ccccc3)[C@H](O)C(O[C@H]3OC(COCc4ccccc4)[C@H](O)C(O)C3OCc3ccccc3)C2O)C(COCc2ccccc2)O[C@H]1O. The predicted octanol–water partition coefficient (Wildman–Crippen LogP) is 1.47. The first-order chi connectivity index (χ1) is 31.5. The first-order valence-corrected chi connectivity index (χ1v) is 21.7. The number of rotatable bonds is 20. The number of hydrogen-bond acceptors (Lipinski definition) is 16. The topological polar surface area (TPSA) is 234 Å². The largest absolute Gasteiger partial charge is 0.388 e. The molecule has 17 heteroatoms. The van der Waals surface area contributed by atoms with E-state index in [4.69, 9.17) is 42.6 Å². The molecule has 3 heterocycles. The maximum atomic E-state index is 12.2. The summed E-state index contributed by atoms with van der Waals surface area (Å²) in [6, 6.07) is 35.6. The average Bonchev–Trinajstić information content (AvgIpc) is 3.31. The fourth-order valence-corrected chi connectivity index (χ4v) is 7.95. The van der Waals surface area contributed by atoms with Crippen molar-refractivity contribution in [3.63, 3.8) is 0 Å². The third-order valence-corrected chi connectivity index (χ3v) is 11.4. The van der Waals surface area contributed by atoms with Gasteiger partial charge in [0, 0.05) is 6.92 Å². The van der Waals surface area contributed by atoms with Crippen molar-refractivity contribution >= 4 is 5.91 Å². The zero-order valence-corrected chi connectivity index (χ0v) is 35.9. The van der Waals surface area contributed by atoms with Crippen LogP contribution in [0.3, 0.4) is 0 Å². The monoisotopic (exact) mass is 905 g/mol. The Morgan fingerprint density at radius 3 is 1.40 bits per heavy atom. The Bertz CT molecular complexity index is 1990. The van der Waals surface area contributed by atoms with E-state index in [1.54, 1.807) is 0 Å². The van der Waals surface area contributed by atoms with Crippen LogP contribution in [0, 0.1) is 0 Å². The Morgan fingerprint density at radius 2 is 0.908 bits per heavy atom. The highest BCUT2D eigenvalue weighted by atomic mass is 16.8. The van der Waals surface area contributed by atoms with Gasteiger partial charge in [-0.3, -0.25) is 4.79 Å². The molecule has 0 aliphatic carbocycles. The van der Waals surface area contributed by atoms with Crippen LogP contribution < -0.4 is 5.32 Å². The van der Waals surface area contributed by atoms with E-state index in [1.165, 1.54) is 6.92 Å². The van der Waals surface area contributed by atoms with Crippen LogP contribution in [0.25, 0.3) is 0 Å². The minimum absolute atomic E-state index is 0.0249. The summed E-state index contributed by atoms with van der Waals surface area (Å²) < 4.78 is 55.2. The molecule has 3 aliphatic heterocycles. The molecular weight excluding hydrogens is 847 g/mol. The lowest BCUT2D eigenvalue weighted by molar-refractivity contribution is -0.379. The van der Waals surface area contributed by atoms with Crippen molar-refractivity contribution in [2.45, 2.75) is 125 Å². The third kappa shape index (κ3) is 13.2. The van der Waals surface area contributed by atoms with Gasteiger partial charge in [-0.1, -0.05) is 121 Å². The van der Waals surface area contributed by atoms with Crippen molar-refractivity contribution in [3.8, 4) is 0 Å². The molecule has 0 saturated carbocycles. The maximum absolute atomic E-state index is 12.2. The van der Waals surface area contributed by atoms with E-state index in [-0.39, 0.29) is 46.2 Å². The molecule has 4 aromatic carbocycles. The summed E-state index contributed by atoms with van der Waals surface area (Å²) in [7, 11) is 0. The van der Waals surface area contributed by atoms with E-state index in [9.17, 15) is 35.4 Å². The number of aliphatic hydroxyl groups excluding tert-OH is 6. The molecule has 0 radical (unpaired) electrons. The van der Waals surface area contributed by atoms with Gasteiger partial charge in [-0.25, -0.2) is 0 Å². The molecule has 1 amide bonds. The molecule has 3 aliphatic rings. The van der Waals surface area contributed by atoms with Crippen LogP contribution >= 0.6 is 0 Å². The van der Waals surface area contributed by atoms with E-state index >= 15 is 0 Å². The fraction of sp³-hybridized carbons (Fsp3) is 0.479. The summed E-state index contributed by atoms with van der Waals surface area (Å²) in [5.41, 5.74) is 3.29. The quantitative estimate of drug-likeness (QED) is 0.0666. The molecule has 17 nitrogen and oxygen atoms in total. The fourth-order valence-electron chi connectivity index (χ4n) is 7.95. The Morgan fingerprint density at radius 1 is 0.477 bits per heavy atom. The van der Waals surface area contributed by atoms with Gasteiger partial charge in [0.25, 0.3) is 0 Å². The zero-order chi connectivity index (χ0) is 45.7. The lowest BCUT2D eigenvalue weighted by Crippen LogP contribution is -2.68. The van der Waals surface area contributed by atoms with Crippen LogP contribution in [-0.2, 0) is 73.9 Å². The summed E-state index contributed by atoms with van der Waals surface area (Å²) in [4.78, 5) is 12.2. The second-order valence-electron chi connectivity index (χ2n) is 16.3. The molecule has 352 valence electrons. The molecular formula is C48H59NO16. The number of nitrogens with one attached hydrogen (secondary N) is 1. The van der Waals surface area contributed by atoms with Crippen molar-refractivity contribution < 1.29 is 78.1 Å². The Balaban J connectivity index is 1.14. The summed E-state index contributed by atoms with van der Waals surface area (Å²) in [6.07, 6.45) is -21.0. The Kier molecular flexibility index (Phi) is 18.0. The van der Waals surface area contributed by atoms with E-state index in [0.717, 1.165) is 22.3 Å². The van der Waals surface area contributed by atoms with Crippen LogP contribution in [0.5, 0.6) is 0 Å². The lowest BCUT2D eigenvalue weighted by atomic mass is 9.95. The number of aliphatic hydroxyl groups is 6. The van der Waals surface area contributed by atoms with Gasteiger partial charge in [-0.15, -0.1) is 0 Å². The number of carbonyl (C=O) groups is 1. The van der Waals surface area contributed by atoms with Crippen molar-refractivity contribution in [1.82, 2.24) is 5.32 Å². The maximum Gasteiger partial charge on any atom is 0.217 e. The van der Waals surface area contributed by atoms with Gasteiger partial charge < -0.3 is 78.6 Å². The molecule has 0 aromatic heterocycles. The van der Waals surface area contributed by atoms with Gasteiger partial charge in [0.05, 0.1) is 46.2 Å². The average molecular weight is 906 g/mol. The van der Waals surface area contributed by atoms with Gasteiger partial charge in [-0.2, -0.15) is 0 Å². The summed E-state index contributed by atoms with van der Waals surface area (Å²) in [5.74, 6) is -0.567. The first-order valence-electron chi connectivity index (χ1n) is 21.7. The second-order valence-corrected chi connectivity index (χ2v) is 16.3. The van der Waals surface area contributed by atoms with Crippen LogP contribution in [0.15, 0.2) is 121 Å². The van der Waals surface area contributed by atoms with Crippen molar-refractivity contribution in [2.24, 2.45) is 0 Å². The van der Waals surface area contributed by atoms with Crippen molar-refractivity contribution in [1.29, 1.82) is 0 Å². The molecule has 0 bridgehead atoms. The van der Waals surface area contributed by atoms with E-state index in [1.807, 2.05) is 121 Å². The second kappa shape index (κ2) is 24.0. The highest BCUT2D eigenvalue weighted by molar-refractivity contribution is 5.73. The number of benzene rings is 4. The number of hydrogen-bond donors (Lipinski definition) is 7. The van der Waals surface area contributed by atoms with Crippen LogP contribution in [0.2, 0.25) is 0 Å². The Hall–Kier alpha value is -4.25. The third-order valence-electron chi connectivity index (χ3n) is 11.4. The smallest absolute Gasteiger partial charge is 0.217 e. The Labute approximate surface area is 377 Å². The van der Waals surface area contributed by atoms with E-state index < -0.39 is 98.0 Å². The lowest BCUT2D eigenvalue weighted by Gasteiger charge is -2.49. The molecule has 0 spiro atoms. The highest BCUT2D eigenvalue weighted by Crippen LogP contribution is 2.34. The summed E-state index contributed by atoms with van der Waals surface area (Å²) in [6.45, 7) is 1.03. The summed E-state index contributed by atoms with van der Waals surface area (Å²) >= 11 is 0. The molecule has 7 rings (SSSR count). The van der Waals surface area contributed by atoms with Gasteiger partial charge in [0.2, 0.25) is 5.91 Å². The number of amides is 1. The minimum atomic E-state index is -1.84. The standard InChI is InChI=1S/C48H59NO16/c1-29(50)49-37-40(53)43(36(61-46(37)56)28-59-24-32-18-10-4-11-19-32)64-47-42(55)44(39(52)35(62-47)27-58-23-31-16-8-3-9-17-31)65-48-45(60-25-33-20-12-5-13-21-33)41(54)38(51)34(63-48)26-57-22-30-14-6-2-7-15-30/h2-21,34-48,51-56H,22-28H2,1H3,(H,49,50)/t34?,35?,36?,37?,38-,39-,40?,41?,42?,43+,44?,45?,46+,47-,48+/m0/s1. The van der Waals surface area contributed by atoms with Gasteiger partial charge in [0.1, 0.15) is 73.2 Å². The van der Waals surface area contributed by atoms with E-state index in [0.29, 0.717) is 0 Å². The van der Waals surface area contributed by atoms with Gasteiger partial charge in [0.15, 0.2) is 18.9 Å². The molecule has 4 aromatic rings. The predicted molar refractivity (Wildman–Crippen MR) is 229 cm³/mol. The van der Waals surface area contributed by atoms with Crippen LogP contribution in [0.4, 0.5) is 0 Å². The van der Waals surface area contributed by atoms with Crippen LogP contribution in [0.1, 0.15) is 29.2 Å². The van der Waals surface area contributed by atoms with Crippen molar-refractivity contribution in [3.05, 3.63) is 144 Å². The molecule has 65 heavy (non-hydrogen) atoms. The summed E-state index contributed by atoms with van der Waals surface area (Å²) in [5, 5.41) is 72.1. The van der Waals surface area contributed by atoms with Gasteiger partial charge in [-0.05, 0) is 22.3 Å². The number of ether oxygens (including phenoxy) is 9. The highest BCUT2D eigenvalue weighted by Gasteiger charge is 2.54. The molecule has 3 fully saturated rings. The molecule has 3 saturated heterocycles. The first kappa shape index (κ1) is 48.7. The van der Waals surface area contributed by atoms with Gasteiger partial charge >= 0.3 is 0 Å². The molecule has 15 atom stereocenters. The number of carbonyl (C=O) groups excluding carboxylic acids is 1. The zero-order valence-electron chi connectivity index (χ0n) is 35.9. The van der Waals surface area contributed by atoms with Crippen LogP contribution in [-0.4, -0.2) is 148 Å². The normalized spacial score (nSPS) is 32.8. The minimum Gasteiger partial charge on any atom is -0.388 e.